The van der Waals surface area contributed by atoms with Crippen molar-refractivity contribution in [2.45, 2.75) is 51.5 Å². The molecule has 0 aliphatic carbocycles. The molecule has 0 aromatic heterocycles. The predicted molar refractivity (Wildman–Crippen MR) is 84.8 cm³/mol. The van der Waals surface area contributed by atoms with E-state index in [1.54, 1.807) is 0 Å². The van der Waals surface area contributed by atoms with Crippen LogP contribution < -0.4 is 0 Å². The fourth-order valence-corrected chi connectivity index (χ4v) is 1.90. The average molecular weight is 360 g/mol. The fraction of sp³-hybridized carbons (Fsp3) is 0.941. The maximum atomic E-state index is 12.3. The molecule has 0 saturated carbocycles. The van der Waals surface area contributed by atoms with Gasteiger partial charge in [-0.3, -0.25) is 4.79 Å². The molecule has 0 N–H and O–H groups in total. The lowest BCUT2D eigenvalue weighted by atomic mass is 9.91. The molecule has 0 amide bonds. The van der Waals surface area contributed by atoms with E-state index in [9.17, 15) is 4.79 Å². The van der Waals surface area contributed by atoms with Crippen LogP contribution in [0.3, 0.4) is 0 Å². The highest BCUT2D eigenvalue weighted by Gasteiger charge is 2.43. The van der Waals surface area contributed by atoms with Crippen molar-refractivity contribution < 1.29 is 38.0 Å². The van der Waals surface area contributed by atoms with Crippen molar-refractivity contribution in [2.24, 2.45) is 5.41 Å². The van der Waals surface area contributed by atoms with Crippen LogP contribution in [0.4, 0.5) is 0 Å². The van der Waals surface area contributed by atoms with Crippen LogP contribution in [0.5, 0.6) is 0 Å². The Morgan fingerprint density at radius 2 is 1.32 bits per heavy atom. The molecule has 0 aromatic rings. The Morgan fingerprint density at radius 1 is 0.920 bits per heavy atom. The molecule has 3 heterocycles. The summed E-state index contributed by atoms with van der Waals surface area (Å²) in [4.78, 5) is 12.3. The molecular weight excluding hydrogens is 332 g/mol. The van der Waals surface area contributed by atoms with Gasteiger partial charge in [-0.15, -0.1) is 0 Å². The first kappa shape index (κ1) is 19.0. The first-order chi connectivity index (χ1) is 11.9. The minimum atomic E-state index is -1.47. The van der Waals surface area contributed by atoms with E-state index in [1.165, 1.54) is 0 Å². The zero-order chi connectivity index (χ0) is 17.9. The molecule has 0 spiro atoms. The molecule has 25 heavy (non-hydrogen) atoms. The standard InChI is InChI=1S/C17H28O8/c1-4-16(2,3)15(18)22-11-17(23-8-12-5-19-12,24-9-13-6-20-13)25-10-14-7-21-14/h12-14H,4-11H2,1-3H3. The SMILES string of the molecule is CCC(C)(C)C(=O)OCC(OCC1CO1)(OCC1CO1)OCC1CO1. The highest BCUT2D eigenvalue weighted by Crippen LogP contribution is 2.27. The van der Waals surface area contributed by atoms with E-state index in [4.69, 9.17) is 33.2 Å². The molecule has 0 aromatic carbocycles. The smallest absolute Gasteiger partial charge is 0.319 e. The minimum absolute atomic E-state index is 0.0312. The second-order valence-corrected chi connectivity index (χ2v) is 7.30. The highest BCUT2D eigenvalue weighted by atomic mass is 16.9. The van der Waals surface area contributed by atoms with Crippen molar-refractivity contribution in [3.05, 3.63) is 0 Å². The van der Waals surface area contributed by atoms with Gasteiger partial charge in [0, 0.05) is 0 Å². The fourth-order valence-electron chi connectivity index (χ4n) is 1.90. The normalized spacial score (nSPS) is 29.8. The van der Waals surface area contributed by atoms with Crippen molar-refractivity contribution in [2.75, 3.05) is 46.2 Å². The second-order valence-electron chi connectivity index (χ2n) is 7.30. The predicted octanol–water partition coefficient (Wildman–Crippen LogP) is 0.866. The summed E-state index contributed by atoms with van der Waals surface area (Å²) in [5.74, 6) is -1.79. The molecule has 3 atom stereocenters. The number of ether oxygens (including phenoxy) is 7. The van der Waals surface area contributed by atoms with Gasteiger partial charge in [0.2, 0.25) is 0 Å². The summed E-state index contributed by atoms with van der Waals surface area (Å²) >= 11 is 0. The van der Waals surface area contributed by atoms with E-state index in [0.29, 0.717) is 46.1 Å². The van der Waals surface area contributed by atoms with Gasteiger partial charge in [0.05, 0.1) is 45.1 Å². The number of epoxide rings is 3. The molecule has 3 fully saturated rings. The first-order valence-electron chi connectivity index (χ1n) is 8.86. The second kappa shape index (κ2) is 7.85. The van der Waals surface area contributed by atoms with Gasteiger partial charge in [-0.2, -0.15) is 0 Å². The van der Waals surface area contributed by atoms with Gasteiger partial charge < -0.3 is 33.2 Å². The lowest BCUT2D eigenvalue weighted by molar-refractivity contribution is -0.393. The van der Waals surface area contributed by atoms with Crippen LogP contribution in [-0.4, -0.2) is 76.5 Å². The van der Waals surface area contributed by atoms with Crippen molar-refractivity contribution in [3.63, 3.8) is 0 Å². The Balaban J connectivity index is 1.60. The van der Waals surface area contributed by atoms with Gasteiger partial charge in [0.15, 0.2) is 6.61 Å². The van der Waals surface area contributed by atoms with Gasteiger partial charge in [-0.25, -0.2) is 0 Å². The summed E-state index contributed by atoms with van der Waals surface area (Å²) < 4.78 is 38.6. The lowest BCUT2D eigenvalue weighted by Crippen LogP contribution is -2.47. The van der Waals surface area contributed by atoms with Gasteiger partial charge in [0.1, 0.15) is 18.3 Å². The Labute approximate surface area is 148 Å². The Kier molecular flexibility index (Phi) is 5.97. The molecule has 3 unspecified atom stereocenters. The van der Waals surface area contributed by atoms with E-state index in [1.807, 2.05) is 20.8 Å². The molecule has 144 valence electrons. The Morgan fingerprint density at radius 3 is 1.64 bits per heavy atom. The van der Waals surface area contributed by atoms with Crippen molar-refractivity contribution in [3.8, 4) is 0 Å². The van der Waals surface area contributed by atoms with Crippen LogP contribution in [0.25, 0.3) is 0 Å². The summed E-state index contributed by atoms with van der Waals surface area (Å²) in [7, 11) is 0. The van der Waals surface area contributed by atoms with Crippen LogP contribution in [0, 0.1) is 5.41 Å². The topological polar surface area (TPSA) is 91.6 Å². The van der Waals surface area contributed by atoms with Crippen LogP contribution >= 0.6 is 0 Å². The van der Waals surface area contributed by atoms with E-state index in [2.05, 4.69) is 0 Å². The minimum Gasteiger partial charge on any atom is -0.457 e. The first-order valence-corrected chi connectivity index (χ1v) is 8.86. The molecule has 0 radical (unpaired) electrons. The molecule has 0 bridgehead atoms. The third-order valence-electron chi connectivity index (χ3n) is 4.49. The number of rotatable bonds is 13. The zero-order valence-corrected chi connectivity index (χ0v) is 15.2. The maximum Gasteiger partial charge on any atom is 0.319 e. The maximum absolute atomic E-state index is 12.3. The number of carbonyl (C=O) groups is 1. The van der Waals surface area contributed by atoms with Crippen LogP contribution in [0.1, 0.15) is 27.2 Å². The van der Waals surface area contributed by atoms with E-state index >= 15 is 0 Å². The summed E-state index contributed by atoms with van der Waals surface area (Å²) in [6.45, 7) is 8.35. The monoisotopic (exact) mass is 360 g/mol. The quantitative estimate of drug-likeness (QED) is 0.271. The lowest BCUT2D eigenvalue weighted by Gasteiger charge is -2.33. The molecule has 8 heteroatoms. The Hall–Kier alpha value is -0.770. The third kappa shape index (κ3) is 6.16. The molecule has 8 nitrogen and oxygen atoms in total. The average Bonchev–Trinajstić information content (AvgIpc) is 3.47. The van der Waals surface area contributed by atoms with Crippen molar-refractivity contribution in [1.29, 1.82) is 0 Å². The summed E-state index contributed by atoms with van der Waals surface area (Å²) in [6.07, 6.45) is 0.763. The van der Waals surface area contributed by atoms with Crippen molar-refractivity contribution in [1.82, 2.24) is 0 Å². The molecule has 3 saturated heterocycles. The van der Waals surface area contributed by atoms with E-state index in [0.717, 1.165) is 0 Å². The third-order valence-corrected chi connectivity index (χ3v) is 4.49. The molecule has 3 rings (SSSR count). The van der Waals surface area contributed by atoms with Gasteiger partial charge >= 0.3 is 11.9 Å². The van der Waals surface area contributed by atoms with Crippen LogP contribution in [-0.2, 0) is 38.0 Å². The molecular formula is C17H28O8. The zero-order valence-electron chi connectivity index (χ0n) is 15.2. The highest BCUT2D eigenvalue weighted by molar-refractivity contribution is 5.75. The van der Waals surface area contributed by atoms with E-state index < -0.39 is 11.4 Å². The summed E-state index contributed by atoms with van der Waals surface area (Å²) in [5.41, 5.74) is -0.579. The van der Waals surface area contributed by atoms with Crippen LogP contribution in [0.2, 0.25) is 0 Å². The summed E-state index contributed by atoms with van der Waals surface area (Å²) in [6, 6.07) is 0. The number of hydrogen-bond acceptors (Lipinski definition) is 8. The Bertz CT molecular complexity index is 413. The number of esters is 1. The van der Waals surface area contributed by atoms with Gasteiger partial charge in [0.25, 0.3) is 0 Å². The van der Waals surface area contributed by atoms with Gasteiger partial charge in [-0.05, 0) is 20.3 Å². The van der Waals surface area contributed by atoms with Crippen LogP contribution in [0.15, 0.2) is 0 Å². The van der Waals surface area contributed by atoms with Gasteiger partial charge in [-0.1, -0.05) is 6.92 Å². The van der Waals surface area contributed by atoms with E-state index in [-0.39, 0.29) is 30.9 Å². The number of carbonyl (C=O) groups excluding carboxylic acids is 1. The molecule has 3 aliphatic heterocycles. The number of hydrogen-bond donors (Lipinski definition) is 0. The molecule has 3 aliphatic rings. The largest absolute Gasteiger partial charge is 0.457 e. The van der Waals surface area contributed by atoms with Crippen molar-refractivity contribution >= 4 is 5.97 Å². The summed E-state index contributed by atoms with van der Waals surface area (Å²) in [5, 5.41) is 0.